The predicted octanol–water partition coefficient (Wildman–Crippen LogP) is 1.29. The third-order valence-electron chi connectivity index (χ3n) is 2.90. The first-order valence-corrected chi connectivity index (χ1v) is 6.55. The Morgan fingerprint density at radius 3 is 2.83 bits per heavy atom. The lowest BCUT2D eigenvalue weighted by atomic mass is 10.3. The van der Waals surface area contributed by atoms with Crippen LogP contribution in [0.1, 0.15) is 31.3 Å². The lowest BCUT2D eigenvalue weighted by Gasteiger charge is -2.08. The van der Waals surface area contributed by atoms with Crippen LogP contribution in [0.5, 0.6) is 0 Å². The van der Waals surface area contributed by atoms with Crippen LogP contribution in [-0.4, -0.2) is 29.0 Å². The van der Waals surface area contributed by atoms with E-state index in [0.717, 1.165) is 36.6 Å². The number of nitrogens with zero attached hydrogens (tertiary/aromatic N) is 2. The maximum absolute atomic E-state index is 11.4. The van der Waals surface area contributed by atoms with E-state index in [2.05, 4.69) is 20.6 Å². The molecule has 0 radical (unpaired) electrons. The Morgan fingerprint density at radius 2 is 2.17 bits per heavy atom. The Balaban J connectivity index is 1.75. The summed E-state index contributed by atoms with van der Waals surface area (Å²) in [6.07, 6.45) is 2.92. The Bertz CT molecular complexity index is 429. The van der Waals surface area contributed by atoms with Crippen LogP contribution < -0.4 is 10.6 Å². The summed E-state index contributed by atoms with van der Waals surface area (Å²) in [5, 5.41) is 6.12. The van der Waals surface area contributed by atoms with Gasteiger partial charge in [-0.3, -0.25) is 4.79 Å². The third kappa shape index (κ3) is 3.68. The SMILES string of the molecule is CCc1nc(C)cc(NCCNC(=O)C2CC2)n1. The number of aromatic nitrogens is 2. The molecule has 98 valence electrons. The Kier molecular flexibility index (Phi) is 4.12. The standard InChI is InChI=1S/C13H20N4O/c1-3-11-16-9(2)8-12(17-11)14-6-7-15-13(18)10-4-5-10/h8,10H,3-7H2,1-2H3,(H,15,18)(H,14,16,17). The number of rotatable bonds is 6. The van der Waals surface area contributed by atoms with Gasteiger partial charge in [0.25, 0.3) is 0 Å². The largest absolute Gasteiger partial charge is 0.368 e. The third-order valence-corrected chi connectivity index (χ3v) is 2.90. The summed E-state index contributed by atoms with van der Waals surface area (Å²) in [6.45, 7) is 5.33. The highest BCUT2D eigenvalue weighted by atomic mass is 16.2. The molecule has 0 saturated heterocycles. The van der Waals surface area contributed by atoms with E-state index in [1.165, 1.54) is 0 Å². The van der Waals surface area contributed by atoms with Crippen LogP contribution in [0.2, 0.25) is 0 Å². The maximum atomic E-state index is 11.4. The maximum Gasteiger partial charge on any atom is 0.223 e. The van der Waals surface area contributed by atoms with Crippen LogP contribution in [-0.2, 0) is 11.2 Å². The minimum atomic E-state index is 0.185. The van der Waals surface area contributed by atoms with E-state index in [0.29, 0.717) is 13.1 Å². The number of anilines is 1. The topological polar surface area (TPSA) is 66.9 Å². The van der Waals surface area contributed by atoms with Gasteiger partial charge in [-0.15, -0.1) is 0 Å². The second-order valence-corrected chi connectivity index (χ2v) is 4.66. The second kappa shape index (κ2) is 5.80. The second-order valence-electron chi connectivity index (χ2n) is 4.66. The van der Waals surface area contributed by atoms with Crippen molar-refractivity contribution in [3.8, 4) is 0 Å². The van der Waals surface area contributed by atoms with Crippen molar-refractivity contribution in [2.75, 3.05) is 18.4 Å². The number of carbonyl (C=O) groups excluding carboxylic acids is 1. The molecule has 1 fully saturated rings. The number of aryl methyl sites for hydroxylation is 2. The van der Waals surface area contributed by atoms with Crippen molar-refractivity contribution in [1.29, 1.82) is 0 Å². The van der Waals surface area contributed by atoms with Gasteiger partial charge in [0, 0.05) is 37.2 Å². The Hall–Kier alpha value is -1.65. The molecule has 1 heterocycles. The molecule has 1 amide bonds. The van der Waals surface area contributed by atoms with E-state index in [9.17, 15) is 4.79 Å². The average Bonchev–Trinajstić information content (AvgIpc) is 3.17. The van der Waals surface area contributed by atoms with Crippen molar-refractivity contribution in [3.05, 3.63) is 17.6 Å². The molecule has 0 spiro atoms. The first-order chi connectivity index (χ1) is 8.69. The van der Waals surface area contributed by atoms with Gasteiger partial charge in [-0.1, -0.05) is 6.92 Å². The molecule has 1 aliphatic rings. The number of nitrogens with one attached hydrogen (secondary N) is 2. The molecule has 18 heavy (non-hydrogen) atoms. The molecule has 0 unspecified atom stereocenters. The zero-order valence-corrected chi connectivity index (χ0v) is 11.0. The van der Waals surface area contributed by atoms with Gasteiger partial charge in [-0.25, -0.2) is 9.97 Å². The Labute approximate surface area is 107 Å². The van der Waals surface area contributed by atoms with E-state index in [1.54, 1.807) is 0 Å². The summed E-state index contributed by atoms with van der Waals surface area (Å²) < 4.78 is 0. The highest BCUT2D eigenvalue weighted by molar-refractivity contribution is 5.80. The summed E-state index contributed by atoms with van der Waals surface area (Å²) in [6, 6.07) is 1.92. The number of carbonyl (C=O) groups is 1. The molecule has 5 nitrogen and oxygen atoms in total. The van der Waals surface area contributed by atoms with Crippen LogP contribution in [0.25, 0.3) is 0 Å². The van der Waals surface area contributed by atoms with E-state index >= 15 is 0 Å². The first kappa shape index (κ1) is 12.8. The molecule has 2 rings (SSSR count). The summed E-state index contributed by atoms with van der Waals surface area (Å²) in [4.78, 5) is 20.1. The fourth-order valence-electron chi connectivity index (χ4n) is 1.74. The van der Waals surface area contributed by atoms with E-state index < -0.39 is 0 Å². The first-order valence-electron chi connectivity index (χ1n) is 6.55. The molecule has 2 N–H and O–H groups in total. The molecule has 0 bridgehead atoms. The van der Waals surface area contributed by atoms with Gasteiger partial charge in [0.1, 0.15) is 11.6 Å². The summed E-state index contributed by atoms with van der Waals surface area (Å²) >= 11 is 0. The highest BCUT2D eigenvalue weighted by Gasteiger charge is 2.28. The van der Waals surface area contributed by atoms with Crippen LogP contribution in [0.15, 0.2) is 6.07 Å². The minimum absolute atomic E-state index is 0.185. The van der Waals surface area contributed by atoms with E-state index in [4.69, 9.17) is 0 Å². The van der Waals surface area contributed by atoms with Gasteiger partial charge >= 0.3 is 0 Å². The molecule has 1 aromatic rings. The molecule has 0 aromatic carbocycles. The van der Waals surface area contributed by atoms with Crippen molar-refractivity contribution in [2.45, 2.75) is 33.1 Å². The molecule has 1 saturated carbocycles. The zero-order valence-electron chi connectivity index (χ0n) is 11.0. The van der Waals surface area contributed by atoms with E-state index in [1.807, 2.05) is 19.9 Å². The van der Waals surface area contributed by atoms with Gasteiger partial charge in [-0.05, 0) is 19.8 Å². The van der Waals surface area contributed by atoms with Crippen molar-refractivity contribution in [2.24, 2.45) is 5.92 Å². The molecule has 0 atom stereocenters. The average molecular weight is 248 g/mol. The summed E-state index contributed by atoms with van der Waals surface area (Å²) in [7, 11) is 0. The minimum Gasteiger partial charge on any atom is -0.368 e. The monoisotopic (exact) mass is 248 g/mol. The molecular weight excluding hydrogens is 228 g/mol. The van der Waals surface area contributed by atoms with E-state index in [-0.39, 0.29) is 11.8 Å². The van der Waals surface area contributed by atoms with Gasteiger partial charge in [0.05, 0.1) is 0 Å². The van der Waals surface area contributed by atoms with Gasteiger partial charge in [0.15, 0.2) is 0 Å². The lowest BCUT2D eigenvalue weighted by Crippen LogP contribution is -2.30. The molecule has 0 aliphatic heterocycles. The highest BCUT2D eigenvalue weighted by Crippen LogP contribution is 2.28. The number of hydrogen-bond donors (Lipinski definition) is 2. The van der Waals surface area contributed by atoms with Gasteiger partial charge < -0.3 is 10.6 Å². The van der Waals surface area contributed by atoms with Crippen LogP contribution in [0.3, 0.4) is 0 Å². The fourth-order valence-corrected chi connectivity index (χ4v) is 1.74. The van der Waals surface area contributed by atoms with Crippen LogP contribution in [0, 0.1) is 12.8 Å². The van der Waals surface area contributed by atoms with Crippen LogP contribution in [0.4, 0.5) is 5.82 Å². The van der Waals surface area contributed by atoms with Crippen molar-refractivity contribution < 1.29 is 4.79 Å². The predicted molar refractivity (Wildman–Crippen MR) is 70.4 cm³/mol. The molecular formula is C13H20N4O. The smallest absolute Gasteiger partial charge is 0.223 e. The summed E-state index contributed by atoms with van der Waals surface area (Å²) in [5.41, 5.74) is 0.964. The number of amides is 1. The number of hydrogen-bond acceptors (Lipinski definition) is 4. The van der Waals surface area contributed by atoms with Gasteiger partial charge in [-0.2, -0.15) is 0 Å². The molecule has 5 heteroatoms. The zero-order chi connectivity index (χ0) is 13.0. The molecule has 1 aliphatic carbocycles. The van der Waals surface area contributed by atoms with Gasteiger partial charge in [0.2, 0.25) is 5.91 Å². The quantitative estimate of drug-likeness (QED) is 0.744. The molecule has 1 aromatic heterocycles. The fraction of sp³-hybridized carbons (Fsp3) is 0.615. The van der Waals surface area contributed by atoms with Crippen molar-refractivity contribution in [1.82, 2.24) is 15.3 Å². The van der Waals surface area contributed by atoms with Crippen molar-refractivity contribution in [3.63, 3.8) is 0 Å². The summed E-state index contributed by atoms with van der Waals surface area (Å²) in [5.74, 6) is 2.14. The normalized spacial score (nSPS) is 14.3. The Morgan fingerprint density at radius 1 is 1.39 bits per heavy atom. The lowest BCUT2D eigenvalue weighted by molar-refractivity contribution is -0.122. The van der Waals surface area contributed by atoms with Crippen molar-refractivity contribution >= 4 is 11.7 Å². The van der Waals surface area contributed by atoms with Crippen LogP contribution >= 0.6 is 0 Å².